The summed E-state index contributed by atoms with van der Waals surface area (Å²) in [5.74, 6) is -0.668. The Balaban J connectivity index is 2.27. The number of halogens is 4. The summed E-state index contributed by atoms with van der Waals surface area (Å²) in [5, 5.41) is 5.34. The van der Waals surface area contributed by atoms with Crippen molar-refractivity contribution >= 4 is 17.5 Å². The minimum Gasteiger partial charge on any atom is -0.346 e. The molecule has 7 heteroatoms. The highest BCUT2D eigenvalue weighted by Crippen LogP contribution is 2.12. The summed E-state index contributed by atoms with van der Waals surface area (Å²) >= 11 is 5.75. The van der Waals surface area contributed by atoms with Gasteiger partial charge in [0.15, 0.2) is 0 Å². The molecule has 0 aliphatic carbocycles. The maximum Gasteiger partial charge on any atom is 0.405 e. The number of benzene rings is 1. The van der Waals surface area contributed by atoms with Crippen LogP contribution in [0.2, 0.25) is 5.02 Å². The normalized spacial score (nSPS) is 13.1. The van der Waals surface area contributed by atoms with Gasteiger partial charge in [-0.05, 0) is 37.6 Å². The van der Waals surface area contributed by atoms with Gasteiger partial charge < -0.3 is 10.6 Å². The molecule has 1 unspecified atom stereocenters. The molecule has 0 saturated heterocycles. The summed E-state index contributed by atoms with van der Waals surface area (Å²) < 4.78 is 35.8. The van der Waals surface area contributed by atoms with E-state index in [2.05, 4.69) is 5.32 Å². The van der Waals surface area contributed by atoms with Crippen molar-refractivity contribution in [1.82, 2.24) is 10.6 Å². The standard InChI is InChI=1S/C13H16ClF3N2O/c1-9(12(20)19-8-13(15,16)17)18-7-6-10-2-4-11(14)5-3-10/h2-5,9,18H,6-8H2,1H3,(H,19,20). The first-order chi connectivity index (χ1) is 9.28. The average molecular weight is 309 g/mol. The molecule has 1 aromatic rings. The Kier molecular flexibility index (Phi) is 6.29. The molecule has 1 atom stereocenters. The van der Waals surface area contributed by atoms with Crippen LogP contribution in [-0.4, -0.2) is 31.2 Å². The number of rotatable bonds is 6. The van der Waals surface area contributed by atoms with E-state index in [-0.39, 0.29) is 0 Å². The zero-order chi connectivity index (χ0) is 15.2. The molecule has 1 amide bonds. The molecule has 3 nitrogen and oxygen atoms in total. The fourth-order valence-electron chi connectivity index (χ4n) is 1.52. The maximum absolute atomic E-state index is 11.9. The number of hydrogen-bond donors (Lipinski definition) is 2. The van der Waals surface area contributed by atoms with Gasteiger partial charge in [-0.1, -0.05) is 23.7 Å². The van der Waals surface area contributed by atoms with Crippen LogP contribution in [0.4, 0.5) is 13.2 Å². The Labute approximate surface area is 120 Å². The molecule has 0 saturated carbocycles. The number of amides is 1. The molecule has 1 rings (SSSR count). The van der Waals surface area contributed by atoms with E-state index < -0.39 is 24.7 Å². The second-order valence-electron chi connectivity index (χ2n) is 4.39. The summed E-state index contributed by atoms with van der Waals surface area (Å²) in [6.07, 6.45) is -3.73. The molecule has 0 spiro atoms. The third kappa shape index (κ3) is 6.77. The minimum absolute atomic E-state index is 0.488. The second-order valence-corrected chi connectivity index (χ2v) is 4.82. The molecule has 1 aromatic carbocycles. The molecule has 0 aromatic heterocycles. The van der Waals surface area contributed by atoms with Crippen LogP contribution >= 0.6 is 11.6 Å². The highest BCUT2D eigenvalue weighted by atomic mass is 35.5. The average Bonchev–Trinajstić information content (AvgIpc) is 2.37. The largest absolute Gasteiger partial charge is 0.405 e. The van der Waals surface area contributed by atoms with E-state index in [1.807, 2.05) is 17.4 Å². The molecule has 2 N–H and O–H groups in total. The van der Waals surface area contributed by atoms with Gasteiger partial charge >= 0.3 is 6.18 Å². The van der Waals surface area contributed by atoms with Gasteiger partial charge in [0, 0.05) is 5.02 Å². The van der Waals surface area contributed by atoms with Crippen LogP contribution in [0.5, 0.6) is 0 Å². The Bertz CT molecular complexity index is 434. The number of hydrogen-bond acceptors (Lipinski definition) is 2. The van der Waals surface area contributed by atoms with E-state index in [9.17, 15) is 18.0 Å². The molecule has 0 bridgehead atoms. The summed E-state index contributed by atoms with van der Waals surface area (Å²) in [6, 6.07) is 6.56. The van der Waals surface area contributed by atoms with Gasteiger partial charge in [-0.25, -0.2) is 0 Å². The van der Waals surface area contributed by atoms with Gasteiger partial charge in [0.25, 0.3) is 0 Å². The predicted octanol–water partition coefficient (Wildman–Crippen LogP) is 2.54. The van der Waals surface area contributed by atoms with Crippen LogP contribution < -0.4 is 10.6 Å². The number of carbonyl (C=O) groups is 1. The Morgan fingerprint density at radius 2 is 1.90 bits per heavy atom. The molecule has 0 heterocycles. The van der Waals surface area contributed by atoms with Crippen molar-refractivity contribution in [3.63, 3.8) is 0 Å². The summed E-state index contributed by atoms with van der Waals surface area (Å²) in [5.41, 5.74) is 1.03. The third-order valence-electron chi connectivity index (χ3n) is 2.63. The molecular weight excluding hydrogens is 293 g/mol. The highest BCUT2D eigenvalue weighted by molar-refractivity contribution is 6.30. The first-order valence-corrected chi connectivity index (χ1v) is 6.48. The van der Waals surface area contributed by atoms with Gasteiger partial charge in [-0.15, -0.1) is 0 Å². The van der Waals surface area contributed by atoms with E-state index >= 15 is 0 Å². The first kappa shape index (κ1) is 16.8. The van der Waals surface area contributed by atoms with Crippen molar-refractivity contribution < 1.29 is 18.0 Å². The number of nitrogens with one attached hydrogen (secondary N) is 2. The molecular formula is C13H16ClF3N2O. The van der Waals surface area contributed by atoms with Crippen LogP contribution in [0, 0.1) is 0 Å². The molecule has 0 aliphatic heterocycles. The SMILES string of the molecule is CC(NCCc1ccc(Cl)cc1)C(=O)NCC(F)(F)F. The lowest BCUT2D eigenvalue weighted by molar-refractivity contribution is -0.139. The molecule has 20 heavy (non-hydrogen) atoms. The van der Waals surface area contributed by atoms with Crippen LogP contribution in [0.15, 0.2) is 24.3 Å². The minimum atomic E-state index is -4.39. The fourth-order valence-corrected chi connectivity index (χ4v) is 1.64. The number of alkyl halides is 3. The van der Waals surface area contributed by atoms with E-state index in [0.717, 1.165) is 5.56 Å². The molecule has 112 valence electrons. The van der Waals surface area contributed by atoms with Gasteiger partial charge in [-0.2, -0.15) is 13.2 Å². The highest BCUT2D eigenvalue weighted by Gasteiger charge is 2.28. The van der Waals surface area contributed by atoms with Crippen molar-refractivity contribution in [3.05, 3.63) is 34.9 Å². The van der Waals surface area contributed by atoms with Crippen molar-refractivity contribution in [2.24, 2.45) is 0 Å². The van der Waals surface area contributed by atoms with E-state index in [0.29, 0.717) is 18.0 Å². The fraction of sp³-hybridized carbons (Fsp3) is 0.462. The van der Waals surface area contributed by atoms with Crippen molar-refractivity contribution in [3.8, 4) is 0 Å². The van der Waals surface area contributed by atoms with Gasteiger partial charge in [0.05, 0.1) is 6.04 Å². The Morgan fingerprint density at radius 1 is 1.30 bits per heavy atom. The van der Waals surface area contributed by atoms with Gasteiger partial charge in [0.1, 0.15) is 6.54 Å². The quantitative estimate of drug-likeness (QED) is 0.848. The maximum atomic E-state index is 11.9. The molecule has 0 radical (unpaired) electrons. The summed E-state index contributed by atoms with van der Waals surface area (Å²) in [6.45, 7) is 0.699. The zero-order valence-corrected chi connectivity index (χ0v) is 11.7. The van der Waals surface area contributed by atoms with Crippen molar-refractivity contribution in [2.45, 2.75) is 25.6 Å². The van der Waals surface area contributed by atoms with E-state index in [1.54, 1.807) is 12.1 Å². The monoisotopic (exact) mass is 308 g/mol. The lowest BCUT2D eigenvalue weighted by Gasteiger charge is -2.15. The van der Waals surface area contributed by atoms with Gasteiger partial charge in [0.2, 0.25) is 5.91 Å². The number of carbonyl (C=O) groups excluding carboxylic acids is 1. The summed E-state index contributed by atoms with van der Waals surface area (Å²) in [7, 11) is 0. The molecule has 0 fully saturated rings. The van der Waals surface area contributed by atoms with Crippen LogP contribution in [0.1, 0.15) is 12.5 Å². The predicted molar refractivity (Wildman–Crippen MR) is 71.7 cm³/mol. The van der Waals surface area contributed by atoms with E-state index in [4.69, 9.17) is 11.6 Å². The lowest BCUT2D eigenvalue weighted by atomic mass is 10.1. The van der Waals surface area contributed by atoms with E-state index in [1.165, 1.54) is 6.92 Å². The smallest absolute Gasteiger partial charge is 0.346 e. The van der Waals surface area contributed by atoms with Crippen LogP contribution in [0.25, 0.3) is 0 Å². The summed E-state index contributed by atoms with van der Waals surface area (Å²) in [4.78, 5) is 11.4. The Hall–Kier alpha value is -1.27. The van der Waals surface area contributed by atoms with Crippen molar-refractivity contribution in [1.29, 1.82) is 0 Å². The van der Waals surface area contributed by atoms with Crippen molar-refractivity contribution in [2.75, 3.05) is 13.1 Å². The van der Waals surface area contributed by atoms with Crippen LogP contribution in [-0.2, 0) is 11.2 Å². The van der Waals surface area contributed by atoms with Crippen LogP contribution in [0.3, 0.4) is 0 Å². The van der Waals surface area contributed by atoms with Gasteiger partial charge in [-0.3, -0.25) is 4.79 Å². The second kappa shape index (κ2) is 7.50. The Morgan fingerprint density at radius 3 is 2.45 bits per heavy atom. The topological polar surface area (TPSA) is 41.1 Å². The zero-order valence-electron chi connectivity index (χ0n) is 10.9. The molecule has 0 aliphatic rings. The first-order valence-electron chi connectivity index (χ1n) is 6.10. The third-order valence-corrected chi connectivity index (χ3v) is 2.89. The lowest BCUT2D eigenvalue weighted by Crippen LogP contribution is -2.45.